The molecule has 15 nitrogen and oxygen atoms in total. The molecule has 0 radical (unpaired) electrons. The van der Waals surface area contributed by atoms with Gasteiger partial charge in [-0.05, 0) is 73.6 Å². The smallest absolute Gasteiger partial charge is 0.256 e. The van der Waals surface area contributed by atoms with Crippen LogP contribution in [0.2, 0.25) is 5.02 Å². The number of benzene rings is 1. The molecule has 4 aromatic rings. The Morgan fingerprint density at radius 1 is 1.02 bits per heavy atom. The van der Waals surface area contributed by atoms with E-state index < -0.39 is 9.84 Å². The molecule has 1 aromatic carbocycles. The van der Waals surface area contributed by atoms with Crippen LogP contribution < -0.4 is 14.8 Å². The fraction of sp³-hybridized carbons (Fsp3) is 0.576. The van der Waals surface area contributed by atoms with Crippen LogP contribution in [0, 0.1) is 0 Å². The predicted molar refractivity (Wildman–Crippen MR) is 186 cm³/mol. The molecule has 2 bridgehead atoms. The third-order valence-electron chi connectivity index (χ3n) is 9.86. The Bertz CT molecular complexity index is 1820. The van der Waals surface area contributed by atoms with Crippen molar-refractivity contribution < 1.29 is 22.6 Å². The third-order valence-corrected chi connectivity index (χ3v) is 11.8. The Morgan fingerprint density at radius 2 is 1.74 bits per heavy atom. The second-order valence-electron chi connectivity index (χ2n) is 13.3. The highest BCUT2D eigenvalue weighted by Crippen LogP contribution is 2.39. The van der Waals surface area contributed by atoms with Crippen LogP contribution in [0.5, 0.6) is 11.6 Å². The number of hydrogen-bond acceptors (Lipinski definition) is 13. The largest absolute Gasteiger partial charge is 0.487 e. The van der Waals surface area contributed by atoms with Crippen molar-refractivity contribution >= 4 is 33.1 Å². The first-order valence-electron chi connectivity index (χ1n) is 17.3. The number of aromatic nitrogens is 8. The van der Waals surface area contributed by atoms with E-state index in [2.05, 4.69) is 35.7 Å². The van der Waals surface area contributed by atoms with Crippen LogP contribution in [-0.4, -0.2) is 109 Å². The van der Waals surface area contributed by atoms with Crippen LogP contribution in [0.1, 0.15) is 58.4 Å². The highest BCUT2D eigenvalue weighted by Gasteiger charge is 2.42. The summed E-state index contributed by atoms with van der Waals surface area (Å²) in [5.41, 5.74) is 2.19. The summed E-state index contributed by atoms with van der Waals surface area (Å²) in [5, 5.41) is 19.7. The lowest BCUT2D eigenvalue weighted by atomic mass is 9.89. The Hall–Kier alpha value is -3.86. The van der Waals surface area contributed by atoms with Gasteiger partial charge < -0.3 is 19.5 Å². The molecule has 3 fully saturated rings. The minimum Gasteiger partial charge on any atom is -0.487 e. The maximum atomic E-state index is 12.2. The first-order valence-corrected chi connectivity index (χ1v) is 19.5. The maximum absolute atomic E-state index is 12.2. The molecule has 7 rings (SSSR count). The lowest BCUT2D eigenvalue weighted by Gasteiger charge is -2.43. The van der Waals surface area contributed by atoms with Crippen molar-refractivity contribution in [3.05, 3.63) is 48.1 Å². The highest BCUT2D eigenvalue weighted by molar-refractivity contribution is 7.91. The van der Waals surface area contributed by atoms with Gasteiger partial charge in [0.15, 0.2) is 9.84 Å². The van der Waals surface area contributed by atoms with E-state index >= 15 is 0 Å². The highest BCUT2D eigenvalue weighted by atomic mass is 35.5. The van der Waals surface area contributed by atoms with Gasteiger partial charge in [0.05, 0.1) is 42.8 Å². The second kappa shape index (κ2) is 15.2. The standard InChI is InChI=1S/C33H43ClN10O5S/c1-3-50(45,46)13-12-48-32-30(18-43(39-32)25-5-7-26(8-6-25)44-27-9-10-28(44)20-47-19-27)38-33-35-15-24(16-36-33)23-4-11-29(34)31(14-23)49-22(2)17-42-21-37-40-41-42/h4,11,14-16,18,21-22,25-28H,3,5-10,12-13,17,19-20H2,1-2H3,(H,35,36,38)/t22-,25-,26-,27-,28+/m0/s1. The van der Waals surface area contributed by atoms with Gasteiger partial charge in [-0.1, -0.05) is 24.6 Å². The summed E-state index contributed by atoms with van der Waals surface area (Å²) in [6, 6.07) is 7.39. The molecule has 0 amide bonds. The fourth-order valence-electron chi connectivity index (χ4n) is 7.26. The van der Waals surface area contributed by atoms with Crippen LogP contribution in [0.3, 0.4) is 0 Å². The van der Waals surface area contributed by atoms with E-state index in [1.165, 1.54) is 19.2 Å². The van der Waals surface area contributed by atoms with Crippen LogP contribution >= 0.6 is 11.6 Å². The summed E-state index contributed by atoms with van der Waals surface area (Å²) in [5.74, 6) is 1.18. The molecule has 0 spiro atoms. The van der Waals surface area contributed by atoms with E-state index in [4.69, 9.17) is 30.9 Å². The minimum atomic E-state index is -3.20. The summed E-state index contributed by atoms with van der Waals surface area (Å²) in [6.07, 6.45) is 13.3. The topological polar surface area (TPSA) is 164 Å². The van der Waals surface area contributed by atoms with Crippen molar-refractivity contribution in [1.82, 2.24) is 44.9 Å². The van der Waals surface area contributed by atoms with Gasteiger partial charge in [0.25, 0.3) is 5.88 Å². The summed E-state index contributed by atoms with van der Waals surface area (Å²) in [7, 11) is -3.20. The van der Waals surface area contributed by atoms with Crippen LogP contribution in [0.15, 0.2) is 43.1 Å². The van der Waals surface area contributed by atoms with Gasteiger partial charge in [-0.3, -0.25) is 9.58 Å². The summed E-state index contributed by atoms with van der Waals surface area (Å²) in [6.45, 7) is 5.71. The first-order chi connectivity index (χ1) is 24.2. The van der Waals surface area contributed by atoms with Gasteiger partial charge in [0.1, 0.15) is 30.5 Å². The van der Waals surface area contributed by atoms with E-state index in [0.29, 0.717) is 53.0 Å². The van der Waals surface area contributed by atoms with Crippen molar-refractivity contribution in [2.45, 2.75) is 89.2 Å². The number of rotatable bonds is 14. The van der Waals surface area contributed by atoms with Gasteiger partial charge in [-0.15, -0.1) is 10.2 Å². The molecule has 2 saturated heterocycles. The van der Waals surface area contributed by atoms with E-state index in [1.807, 2.05) is 29.9 Å². The van der Waals surface area contributed by atoms with Crippen LogP contribution in [0.25, 0.3) is 11.1 Å². The Balaban J connectivity index is 1.03. The van der Waals surface area contributed by atoms with Crippen molar-refractivity contribution in [1.29, 1.82) is 0 Å². The zero-order valence-corrected chi connectivity index (χ0v) is 29.8. The summed E-state index contributed by atoms with van der Waals surface area (Å²) in [4.78, 5) is 11.9. The first kappa shape index (κ1) is 34.6. The molecule has 2 aliphatic heterocycles. The summed E-state index contributed by atoms with van der Waals surface area (Å²) >= 11 is 6.45. The molecule has 50 heavy (non-hydrogen) atoms. The number of sulfone groups is 1. The predicted octanol–water partition coefficient (Wildman–Crippen LogP) is 4.35. The van der Waals surface area contributed by atoms with Crippen molar-refractivity contribution in [2.75, 3.05) is 36.6 Å². The van der Waals surface area contributed by atoms with Crippen LogP contribution in [-0.2, 0) is 21.1 Å². The Labute approximate surface area is 296 Å². The van der Waals surface area contributed by atoms with Gasteiger partial charge in [-0.25, -0.2) is 23.1 Å². The van der Waals surface area contributed by atoms with E-state index in [-0.39, 0.29) is 30.3 Å². The molecule has 3 atom stereocenters. The Morgan fingerprint density at radius 3 is 2.44 bits per heavy atom. The lowest BCUT2D eigenvalue weighted by Crippen LogP contribution is -2.52. The van der Waals surface area contributed by atoms with Crippen molar-refractivity contribution in [3.8, 4) is 22.8 Å². The molecule has 17 heteroatoms. The monoisotopic (exact) mass is 726 g/mol. The van der Waals surface area contributed by atoms with Gasteiger partial charge in [-0.2, -0.15) is 0 Å². The number of tetrazole rings is 1. The molecular weight excluding hydrogens is 684 g/mol. The molecule has 268 valence electrons. The molecule has 3 aromatic heterocycles. The zero-order valence-electron chi connectivity index (χ0n) is 28.3. The number of morpholine rings is 1. The van der Waals surface area contributed by atoms with Gasteiger partial charge >= 0.3 is 0 Å². The number of ether oxygens (including phenoxy) is 3. The van der Waals surface area contributed by atoms with Gasteiger partial charge in [0, 0.05) is 41.8 Å². The number of halogens is 1. The normalized spacial score (nSPS) is 23.1. The second-order valence-corrected chi connectivity index (χ2v) is 16.2. The quantitative estimate of drug-likeness (QED) is 0.195. The summed E-state index contributed by atoms with van der Waals surface area (Å²) < 4.78 is 45.7. The molecule has 1 N–H and O–H groups in total. The molecule has 1 aliphatic carbocycles. The number of nitrogens with one attached hydrogen (secondary N) is 1. The van der Waals surface area contributed by atoms with Crippen LogP contribution in [0.4, 0.5) is 11.6 Å². The van der Waals surface area contributed by atoms with Crippen molar-refractivity contribution in [2.24, 2.45) is 0 Å². The fourth-order valence-corrected chi connectivity index (χ4v) is 8.05. The zero-order chi connectivity index (χ0) is 34.7. The SMILES string of the molecule is CCS(=O)(=O)CCOc1nn([C@H]2CC[C@H](N3[C@@H]4CC[C@H]3COC4)CC2)cc1Nc1ncc(-c2ccc(Cl)c(O[C@@H](C)Cn3cnnn3)c2)cn1. The third kappa shape index (κ3) is 8.03. The molecule has 0 unspecified atom stereocenters. The van der Waals surface area contributed by atoms with Gasteiger partial charge in [0.2, 0.25) is 5.95 Å². The minimum absolute atomic E-state index is 0.00349. The average Bonchev–Trinajstić information content (AvgIpc) is 3.84. The van der Waals surface area contributed by atoms with E-state index in [0.717, 1.165) is 50.0 Å². The molecule has 1 saturated carbocycles. The molecule has 3 aliphatic rings. The Kier molecular flexibility index (Phi) is 10.5. The number of fused-ring (bicyclic) bond motifs is 2. The molecule has 5 heterocycles. The van der Waals surface area contributed by atoms with E-state index in [9.17, 15) is 8.42 Å². The average molecular weight is 727 g/mol. The van der Waals surface area contributed by atoms with E-state index in [1.54, 1.807) is 30.1 Å². The number of hydrogen-bond donors (Lipinski definition) is 1. The molecular formula is C33H43ClN10O5S. The lowest BCUT2D eigenvalue weighted by molar-refractivity contribution is -0.0458. The van der Waals surface area contributed by atoms with Crippen molar-refractivity contribution in [3.63, 3.8) is 0 Å². The maximum Gasteiger partial charge on any atom is 0.256 e. The number of anilines is 2. The number of nitrogens with zero attached hydrogens (tertiary/aromatic N) is 9.